The van der Waals surface area contributed by atoms with E-state index in [1.54, 1.807) is 4.57 Å². The number of thiophene rings is 1. The summed E-state index contributed by atoms with van der Waals surface area (Å²) in [6.07, 6.45) is 1.81. The number of carbonyl (C=O) groups is 1. The summed E-state index contributed by atoms with van der Waals surface area (Å²) in [6.45, 7) is 8.92. The van der Waals surface area contributed by atoms with E-state index in [0.717, 1.165) is 18.4 Å². The van der Waals surface area contributed by atoms with Gasteiger partial charge in [0.15, 0.2) is 5.16 Å². The fraction of sp³-hybridized carbons (Fsp3) is 0.588. The Morgan fingerprint density at radius 2 is 2.17 bits per heavy atom. The first-order chi connectivity index (χ1) is 11.4. The summed E-state index contributed by atoms with van der Waals surface area (Å²) in [7, 11) is 0. The number of aromatic nitrogens is 2. The molecule has 1 atom stereocenters. The molecule has 0 spiro atoms. The predicted molar refractivity (Wildman–Crippen MR) is 102 cm³/mol. The number of nitrogens with zero attached hydrogens (tertiary/aromatic N) is 2. The highest BCUT2D eigenvalue weighted by Crippen LogP contribution is 2.21. The van der Waals surface area contributed by atoms with Gasteiger partial charge in [-0.15, -0.1) is 11.3 Å². The maximum absolute atomic E-state index is 12.7. The van der Waals surface area contributed by atoms with E-state index in [2.05, 4.69) is 24.1 Å². The SMILES string of the molecule is CC[C@@H](C)NC(=O)CSc1nc2ccsc2c(=O)n1CCC(C)C. The van der Waals surface area contributed by atoms with Crippen molar-refractivity contribution in [3.63, 3.8) is 0 Å². The lowest BCUT2D eigenvalue weighted by atomic mass is 10.1. The summed E-state index contributed by atoms with van der Waals surface area (Å²) in [5.41, 5.74) is 0.719. The third-order valence-corrected chi connectivity index (χ3v) is 5.68. The molecule has 0 aromatic carbocycles. The van der Waals surface area contributed by atoms with Crippen LogP contribution in [0.2, 0.25) is 0 Å². The first-order valence-electron chi connectivity index (χ1n) is 8.32. The molecule has 2 rings (SSSR count). The zero-order chi connectivity index (χ0) is 17.7. The predicted octanol–water partition coefficient (Wildman–Crippen LogP) is 3.51. The van der Waals surface area contributed by atoms with Crippen LogP contribution in [-0.2, 0) is 11.3 Å². The number of amides is 1. The van der Waals surface area contributed by atoms with E-state index < -0.39 is 0 Å². The van der Waals surface area contributed by atoms with E-state index in [9.17, 15) is 9.59 Å². The van der Waals surface area contributed by atoms with Crippen molar-refractivity contribution >= 4 is 39.2 Å². The zero-order valence-corrected chi connectivity index (χ0v) is 16.3. The first kappa shape index (κ1) is 19.0. The van der Waals surface area contributed by atoms with E-state index in [-0.39, 0.29) is 23.3 Å². The van der Waals surface area contributed by atoms with Crippen LogP contribution in [0.15, 0.2) is 21.4 Å². The number of fused-ring (bicyclic) bond motifs is 1. The maximum atomic E-state index is 12.7. The number of thioether (sulfide) groups is 1. The van der Waals surface area contributed by atoms with Gasteiger partial charge in [-0.2, -0.15) is 0 Å². The van der Waals surface area contributed by atoms with Gasteiger partial charge in [-0.25, -0.2) is 4.98 Å². The van der Waals surface area contributed by atoms with E-state index in [4.69, 9.17) is 0 Å². The highest BCUT2D eigenvalue weighted by atomic mass is 32.2. The standard InChI is InChI=1S/C17H25N3O2S2/c1-5-12(4)18-14(21)10-24-17-19-13-7-9-23-15(13)16(22)20(17)8-6-11(2)3/h7,9,11-12H,5-6,8,10H2,1-4H3,(H,18,21)/t12-/m1/s1. The van der Waals surface area contributed by atoms with Crippen LogP contribution in [0.1, 0.15) is 40.5 Å². The Morgan fingerprint density at radius 3 is 2.83 bits per heavy atom. The van der Waals surface area contributed by atoms with Gasteiger partial charge in [0.05, 0.1) is 11.3 Å². The monoisotopic (exact) mass is 367 g/mol. The Labute approximate surface area is 150 Å². The second-order valence-corrected chi connectivity index (χ2v) is 8.19. The molecular formula is C17H25N3O2S2. The van der Waals surface area contributed by atoms with E-state index in [1.807, 2.05) is 25.3 Å². The minimum Gasteiger partial charge on any atom is -0.353 e. The van der Waals surface area contributed by atoms with Gasteiger partial charge in [0.1, 0.15) is 4.70 Å². The molecule has 132 valence electrons. The molecule has 2 aromatic heterocycles. The van der Waals surface area contributed by atoms with Gasteiger partial charge < -0.3 is 5.32 Å². The molecule has 0 aliphatic carbocycles. The second kappa shape index (κ2) is 8.67. The van der Waals surface area contributed by atoms with Crippen molar-refractivity contribution in [3.05, 3.63) is 21.8 Å². The van der Waals surface area contributed by atoms with Crippen LogP contribution in [0.3, 0.4) is 0 Å². The number of hydrogen-bond acceptors (Lipinski definition) is 5. The average Bonchev–Trinajstić information content (AvgIpc) is 3.00. The molecule has 0 unspecified atom stereocenters. The lowest BCUT2D eigenvalue weighted by molar-refractivity contribution is -0.119. The summed E-state index contributed by atoms with van der Waals surface area (Å²) in [5, 5.41) is 5.46. The topological polar surface area (TPSA) is 64.0 Å². The van der Waals surface area contributed by atoms with Crippen molar-refractivity contribution in [2.24, 2.45) is 5.92 Å². The minimum absolute atomic E-state index is 0.000449. The fourth-order valence-electron chi connectivity index (χ4n) is 2.17. The molecule has 0 fully saturated rings. The molecule has 24 heavy (non-hydrogen) atoms. The van der Waals surface area contributed by atoms with Crippen LogP contribution in [0.25, 0.3) is 10.2 Å². The largest absolute Gasteiger partial charge is 0.353 e. The summed E-state index contributed by atoms with van der Waals surface area (Å²) in [5.74, 6) is 0.751. The molecule has 0 saturated heterocycles. The number of rotatable bonds is 8. The molecule has 7 heteroatoms. The quantitative estimate of drug-likeness (QED) is 0.573. The van der Waals surface area contributed by atoms with Crippen molar-refractivity contribution in [2.75, 3.05) is 5.75 Å². The van der Waals surface area contributed by atoms with Crippen molar-refractivity contribution in [1.82, 2.24) is 14.9 Å². The Hall–Kier alpha value is -1.34. The van der Waals surface area contributed by atoms with Crippen LogP contribution in [0.5, 0.6) is 0 Å². The molecule has 0 aliphatic heterocycles. The smallest absolute Gasteiger partial charge is 0.272 e. The lowest BCUT2D eigenvalue weighted by Gasteiger charge is -2.14. The van der Waals surface area contributed by atoms with Crippen LogP contribution >= 0.6 is 23.1 Å². The minimum atomic E-state index is -0.0237. The van der Waals surface area contributed by atoms with Gasteiger partial charge in [-0.05, 0) is 37.1 Å². The van der Waals surface area contributed by atoms with Gasteiger partial charge in [0.2, 0.25) is 5.91 Å². The highest BCUT2D eigenvalue weighted by Gasteiger charge is 2.15. The Balaban J connectivity index is 2.21. The summed E-state index contributed by atoms with van der Waals surface area (Å²) < 4.78 is 2.41. The highest BCUT2D eigenvalue weighted by molar-refractivity contribution is 7.99. The summed E-state index contributed by atoms with van der Waals surface area (Å²) in [6, 6.07) is 2.02. The summed E-state index contributed by atoms with van der Waals surface area (Å²) in [4.78, 5) is 29.3. The number of carbonyl (C=O) groups excluding carboxylic acids is 1. The Morgan fingerprint density at radius 1 is 1.42 bits per heavy atom. The van der Waals surface area contributed by atoms with Gasteiger partial charge in [-0.1, -0.05) is 32.5 Å². The van der Waals surface area contributed by atoms with Crippen LogP contribution < -0.4 is 10.9 Å². The van der Waals surface area contributed by atoms with Crippen LogP contribution in [-0.4, -0.2) is 27.3 Å². The van der Waals surface area contributed by atoms with Crippen LogP contribution in [0, 0.1) is 5.92 Å². The molecule has 2 aromatic rings. The Bertz CT molecular complexity index is 752. The fourth-order valence-corrected chi connectivity index (χ4v) is 3.78. The molecule has 0 aliphatic rings. The molecular weight excluding hydrogens is 342 g/mol. The molecule has 0 radical (unpaired) electrons. The lowest BCUT2D eigenvalue weighted by Crippen LogP contribution is -2.33. The maximum Gasteiger partial charge on any atom is 0.272 e. The van der Waals surface area contributed by atoms with Gasteiger partial charge in [0.25, 0.3) is 5.56 Å². The molecule has 2 heterocycles. The zero-order valence-electron chi connectivity index (χ0n) is 14.7. The van der Waals surface area contributed by atoms with Gasteiger partial charge >= 0.3 is 0 Å². The van der Waals surface area contributed by atoms with Crippen molar-refractivity contribution < 1.29 is 4.79 Å². The number of hydrogen-bond donors (Lipinski definition) is 1. The Kier molecular flexibility index (Phi) is 6.86. The normalized spacial score (nSPS) is 12.7. The molecule has 1 N–H and O–H groups in total. The molecule has 1 amide bonds. The molecule has 5 nitrogen and oxygen atoms in total. The van der Waals surface area contributed by atoms with Gasteiger partial charge in [0, 0.05) is 12.6 Å². The summed E-state index contributed by atoms with van der Waals surface area (Å²) >= 11 is 2.76. The molecule has 0 saturated carbocycles. The van der Waals surface area contributed by atoms with Crippen LogP contribution in [0.4, 0.5) is 0 Å². The van der Waals surface area contributed by atoms with Gasteiger partial charge in [-0.3, -0.25) is 14.2 Å². The van der Waals surface area contributed by atoms with Crippen molar-refractivity contribution in [1.29, 1.82) is 0 Å². The van der Waals surface area contributed by atoms with Crippen molar-refractivity contribution in [3.8, 4) is 0 Å². The first-order valence-corrected chi connectivity index (χ1v) is 10.2. The average molecular weight is 368 g/mol. The molecule has 0 bridgehead atoms. The third-order valence-electron chi connectivity index (χ3n) is 3.81. The second-order valence-electron chi connectivity index (χ2n) is 6.33. The van der Waals surface area contributed by atoms with E-state index in [0.29, 0.717) is 22.3 Å². The number of nitrogens with one attached hydrogen (secondary N) is 1. The third kappa shape index (κ3) is 4.83. The van der Waals surface area contributed by atoms with E-state index in [1.165, 1.54) is 23.1 Å². The van der Waals surface area contributed by atoms with Crippen molar-refractivity contribution in [2.45, 2.75) is 58.3 Å². The van der Waals surface area contributed by atoms with E-state index >= 15 is 0 Å².